The molecule has 0 atom stereocenters. The van der Waals surface area contributed by atoms with Gasteiger partial charge in [-0.15, -0.1) is 0 Å². The number of rotatable bonds is 7. The lowest BCUT2D eigenvalue weighted by Gasteiger charge is -2.25. The third-order valence-electron chi connectivity index (χ3n) is 5.72. The van der Waals surface area contributed by atoms with Crippen molar-refractivity contribution in [1.82, 2.24) is 0 Å². The highest BCUT2D eigenvalue weighted by atomic mass is 16.1. The Balaban J connectivity index is 2.37. The molecule has 1 N–H and O–H groups in total. The maximum absolute atomic E-state index is 12.1. The first-order valence-electron chi connectivity index (χ1n) is 11.8. The minimum absolute atomic E-state index is 0.180. The van der Waals surface area contributed by atoms with Gasteiger partial charge in [0.15, 0.2) is 0 Å². The van der Waals surface area contributed by atoms with Gasteiger partial charge in [-0.2, -0.15) is 0 Å². The molecule has 0 heterocycles. The van der Waals surface area contributed by atoms with Crippen LogP contribution in [0, 0.1) is 35.8 Å². The van der Waals surface area contributed by atoms with Crippen LogP contribution in [0.5, 0.6) is 0 Å². The summed E-state index contributed by atoms with van der Waals surface area (Å²) in [5.41, 5.74) is 3.17. The first-order chi connectivity index (χ1) is 17.9. The topological polar surface area (TPSA) is 101 Å². The van der Waals surface area contributed by atoms with Crippen molar-refractivity contribution >= 4 is 39.8 Å². The second-order valence-electron chi connectivity index (χ2n) is 8.27. The Morgan fingerprint density at radius 3 is 1.95 bits per heavy atom. The summed E-state index contributed by atoms with van der Waals surface area (Å²) in [6.07, 6.45) is 1.92. The van der Waals surface area contributed by atoms with Crippen molar-refractivity contribution in [3.05, 3.63) is 87.8 Å². The minimum Gasteiger partial charge on any atom is -0.371 e. The van der Waals surface area contributed by atoms with Gasteiger partial charge in [0, 0.05) is 36.8 Å². The van der Waals surface area contributed by atoms with Crippen LogP contribution in [0.2, 0.25) is 0 Å². The average Bonchev–Trinajstić information content (AvgIpc) is 3.20. The molecule has 182 valence electrons. The van der Waals surface area contributed by atoms with Crippen LogP contribution >= 0.6 is 0 Å². The number of fused-ring (bicyclic) bond motifs is 1. The zero-order valence-electron chi connectivity index (χ0n) is 21.0. The van der Waals surface area contributed by atoms with Gasteiger partial charge in [0.1, 0.15) is 0 Å². The fourth-order valence-corrected chi connectivity index (χ4v) is 4.30. The number of anilines is 2. The van der Waals surface area contributed by atoms with Crippen LogP contribution < -0.4 is 10.2 Å². The summed E-state index contributed by atoms with van der Waals surface area (Å²) >= 11 is 0. The van der Waals surface area contributed by atoms with Gasteiger partial charge in [-0.05, 0) is 42.2 Å². The third kappa shape index (κ3) is 5.40. The smallest absolute Gasteiger partial charge is 0.271 e. The van der Waals surface area contributed by atoms with Crippen molar-refractivity contribution in [2.45, 2.75) is 33.6 Å². The minimum atomic E-state index is -0.282. The second-order valence-corrected chi connectivity index (χ2v) is 8.27. The Labute approximate surface area is 217 Å². The summed E-state index contributed by atoms with van der Waals surface area (Å²) < 4.78 is 0. The van der Waals surface area contributed by atoms with E-state index in [4.69, 9.17) is 18.1 Å². The summed E-state index contributed by atoms with van der Waals surface area (Å²) in [5, 5.41) is 22.3. The van der Waals surface area contributed by atoms with Gasteiger partial charge in [0.05, 0.1) is 42.4 Å². The van der Waals surface area contributed by atoms with Gasteiger partial charge in [0.25, 0.3) is 11.4 Å². The van der Waals surface area contributed by atoms with Crippen molar-refractivity contribution in [3.63, 3.8) is 0 Å². The fraction of sp³-hybridized carbons (Fsp3) is 0.241. The SMILES string of the molecule is [C-]#[N+]C(C#N)=C1C(=Nc2ccc(N(CCC)CCC)cc2NC(C)=O)C(=C(C#N)[N+]#[C-])c2ccccc21. The fourth-order valence-electron chi connectivity index (χ4n) is 4.30. The number of hydrogen-bond acceptors (Lipinski definition) is 5. The van der Waals surface area contributed by atoms with Gasteiger partial charge >= 0.3 is 0 Å². The highest BCUT2D eigenvalue weighted by molar-refractivity contribution is 6.51. The molecule has 0 aromatic heterocycles. The molecule has 0 aliphatic heterocycles. The van der Waals surface area contributed by atoms with E-state index in [0.717, 1.165) is 31.6 Å². The molecule has 8 heteroatoms. The van der Waals surface area contributed by atoms with E-state index < -0.39 is 0 Å². The van der Waals surface area contributed by atoms with E-state index in [9.17, 15) is 15.3 Å². The van der Waals surface area contributed by atoms with Crippen molar-refractivity contribution < 1.29 is 4.79 Å². The molecule has 8 nitrogen and oxygen atoms in total. The molecular weight excluding hydrogens is 462 g/mol. The predicted molar refractivity (Wildman–Crippen MR) is 145 cm³/mol. The molecule has 0 radical (unpaired) electrons. The monoisotopic (exact) mass is 487 g/mol. The van der Waals surface area contributed by atoms with E-state index in [1.165, 1.54) is 6.92 Å². The van der Waals surface area contributed by atoms with Crippen molar-refractivity contribution in [1.29, 1.82) is 10.5 Å². The number of carbonyl (C=O) groups is 1. The number of carbonyl (C=O) groups excluding carboxylic acids is 1. The number of benzene rings is 2. The highest BCUT2D eigenvalue weighted by Gasteiger charge is 2.33. The van der Waals surface area contributed by atoms with Gasteiger partial charge in [0.2, 0.25) is 5.91 Å². The van der Waals surface area contributed by atoms with Gasteiger partial charge in [-0.1, -0.05) is 38.1 Å². The summed E-state index contributed by atoms with van der Waals surface area (Å²) in [7, 11) is 0. The molecular formula is C29H25N7O. The number of nitrogens with one attached hydrogen (secondary N) is 1. The summed E-state index contributed by atoms with van der Waals surface area (Å²) in [5.74, 6) is -0.282. The lowest BCUT2D eigenvalue weighted by molar-refractivity contribution is -0.114. The summed E-state index contributed by atoms with van der Waals surface area (Å²) in [6.45, 7) is 22.5. The number of hydrogen-bond donors (Lipinski definition) is 1. The zero-order valence-corrected chi connectivity index (χ0v) is 21.0. The number of nitriles is 2. The van der Waals surface area contributed by atoms with Crippen LogP contribution in [-0.2, 0) is 4.79 Å². The number of aliphatic imine (C=N–C) groups is 1. The van der Waals surface area contributed by atoms with Gasteiger partial charge in [-0.3, -0.25) is 4.79 Å². The quantitative estimate of drug-likeness (QED) is 0.362. The molecule has 2 aromatic carbocycles. The number of allylic oxidation sites excluding steroid dienone is 4. The van der Waals surface area contributed by atoms with E-state index in [-0.39, 0.29) is 34.2 Å². The Morgan fingerprint density at radius 2 is 1.51 bits per heavy atom. The molecule has 0 spiro atoms. The third-order valence-corrected chi connectivity index (χ3v) is 5.72. The van der Waals surface area contributed by atoms with E-state index in [1.54, 1.807) is 30.3 Å². The molecule has 1 aliphatic rings. The van der Waals surface area contributed by atoms with Crippen molar-refractivity contribution in [2.24, 2.45) is 4.99 Å². The predicted octanol–water partition coefficient (Wildman–Crippen LogP) is 6.37. The molecule has 1 amide bonds. The first-order valence-corrected chi connectivity index (χ1v) is 11.8. The molecule has 2 aromatic rings. The number of nitrogens with zero attached hydrogens (tertiary/aromatic N) is 6. The molecule has 0 saturated carbocycles. The van der Waals surface area contributed by atoms with Crippen LogP contribution in [0.1, 0.15) is 44.7 Å². The van der Waals surface area contributed by atoms with Crippen LogP contribution in [0.25, 0.3) is 20.8 Å². The molecule has 37 heavy (non-hydrogen) atoms. The maximum Gasteiger partial charge on any atom is 0.271 e. The Morgan fingerprint density at radius 1 is 0.973 bits per heavy atom. The van der Waals surface area contributed by atoms with E-state index in [1.807, 2.05) is 24.3 Å². The summed E-state index contributed by atoms with van der Waals surface area (Å²) in [4.78, 5) is 25.9. The summed E-state index contributed by atoms with van der Waals surface area (Å²) in [6, 6.07) is 16.4. The normalized spacial score (nSPS) is 14.3. The Kier molecular flexibility index (Phi) is 8.56. The van der Waals surface area contributed by atoms with Gasteiger partial charge < -0.3 is 10.2 Å². The lowest BCUT2D eigenvalue weighted by Crippen LogP contribution is -2.24. The highest BCUT2D eigenvalue weighted by Crippen LogP contribution is 2.44. The van der Waals surface area contributed by atoms with E-state index in [2.05, 4.69) is 33.8 Å². The first kappa shape index (κ1) is 26.4. The molecule has 0 fully saturated rings. The second kappa shape index (κ2) is 12.0. The van der Waals surface area contributed by atoms with Crippen LogP contribution in [-0.4, -0.2) is 24.7 Å². The van der Waals surface area contributed by atoms with E-state index in [0.29, 0.717) is 22.5 Å². The van der Waals surface area contributed by atoms with Crippen LogP contribution in [0.4, 0.5) is 17.1 Å². The standard InChI is InChI=1S/C29H25N7O/c1-6-14-36(15-7-2)20-12-13-23(24(16-20)34-19(3)37)35-29-27(25(17-30)32-4)21-10-8-9-11-22(21)28(29)26(18-31)33-5/h8-13,16H,6-7,14-15H2,1-3H3,(H,34,37). The number of amides is 1. The van der Waals surface area contributed by atoms with E-state index >= 15 is 0 Å². The molecule has 3 rings (SSSR count). The molecule has 0 unspecified atom stereocenters. The van der Waals surface area contributed by atoms with Gasteiger partial charge in [-0.25, -0.2) is 25.2 Å². The Bertz CT molecular complexity index is 1390. The maximum atomic E-state index is 12.1. The lowest BCUT2D eigenvalue weighted by atomic mass is 10.0. The van der Waals surface area contributed by atoms with Crippen molar-refractivity contribution in [2.75, 3.05) is 23.3 Å². The average molecular weight is 488 g/mol. The molecule has 1 aliphatic carbocycles. The largest absolute Gasteiger partial charge is 0.371 e. The van der Waals surface area contributed by atoms with Crippen LogP contribution in [0.15, 0.2) is 58.9 Å². The Hall–Kier alpha value is -5.18. The van der Waals surface area contributed by atoms with Crippen LogP contribution in [0.3, 0.4) is 0 Å². The zero-order chi connectivity index (χ0) is 26.9. The van der Waals surface area contributed by atoms with Crippen molar-refractivity contribution in [3.8, 4) is 12.1 Å². The molecule has 0 bridgehead atoms. The molecule has 0 saturated heterocycles.